The summed E-state index contributed by atoms with van der Waals surface area (Å²) < 4.78 is 5.54. The number of nitrogens with one attached hydrogen (secondary N) is 1. The molecule has 124 valence electrons. The summed E-state index contributed by atoms with van der Waals surface area (Å²) in [5.41, 5.74) is 6.38. The van der Waals surface area contributed by atoms with Crippen LogP contribution in [0.3, 0.4) is 0 Å². The predicted octanol–water partition coefficient (Wildman–Crippen LogP) is 3.89. The van der Waals surface area contributed by atoms with Crippen molar-refractivity contribution in [1.29, 1.82) is 0 Å². The van der Waals surface area contributed by atoms with Gasteiger partial charge in [0.05, 0.1) is 5.71 Å². The average molecular weight is 322 g/mol. The highest BCUT2D eigenvalue weighted by Crippen LogP contribution is 2.18. The standard InChI is InChI=1S/C20H22N2O2/c1-15-9-10-16(2)19(13-15)24-14-20(23)22-21-17(3)11-12-18-7-5-4-6-8-18/h4-13H,14H2,1-3H3,(H,22,23)/b12-11+,21-17+. The first-order valence-corrected chi connectivity index (χ1v) is 7.81. The maximum Gasteiger partial charge on any atom is 0.277 e. The minimum atomic E-state index is -0.289. The Morgan fingerprint density at radius 1 is 1.17 bits per heavy atom. The number of aryl methyl sites for hydroxylation is 2. The summed E-state index contributed by atoms with van der Waals surface area (Å²) in [7, 11) is 0. The maximum atomic E-state index is 11.8. The second kappa shape index (κ2) is 8.67. The summed E-state index contributed by atoms with van der Waals surface area (Å²) in [6.07, 6.45) is 3.79. The highest BCUT2D eigenvalue weighted by atomic mass is 16.5. The van der Waals surface area contributed by atoms with E-state index >= 15 is 0 Å². The van der Waals surface area contributed by atoms with Crippen molar-refractivity contribution in [3.63, 3.8) is 0 Å². The van der Waals surface area contributed by atoms with Gasteiger partial charge in [-0.3, -0.25) is 4.79 Å². The number of hydrogen-bond donors (Lipinski definition) is 1. The van der Waals surface area contributed by atoms with Crippen LogP contribution in [0.15, 0.2) is 59.7 Å². The lowest BCUT2D eigenvalue weighted by molar-refractivity contribution is -0.123. The average Bonchev–Trinajstić information content (AvgIpc) is 2.59. The molecule has 0 saturated heterocycles. The molecule has 0 spiro atoms. The zero-order valence-corrected chi connectivity index (χ0v) is 14.2. The molecule has 0 fully saturated rings. The molecule has 1 N–H and O–H groups in total. The number of carbonyl (C=O) groups is 1. The van der Waals surface area contributed by atoms with E-state index in [1.54, 1.807) is 0 Å². The predicted molar refractivity (Wildman–Crippen MR) is 98.1 cm³/mol. The van der Waals surface area contributed by atoms with Gasteiger partial charge in [0.2, 0.25) is 0 Å². The molecule has 1 amide bonds. The van der Waals surface area contributed by atoms with Crippen LogP contribution in [0.1, 0.15) is 23.6 Å². The van der Waals surface area contributed by atoms with Crippen molar-refractivity contribution in [1.82, 2.24) is 5.43 Å². The van der Waals surface area contributed by atoms with Crippen molar-refractivity contribution >= 4 is 17.7 Å². The van der Waals surface area contributed by atoms with E-state index in [2.05, 4.69) is 10.5 Å². The number of amides is 1. The van der Waals surface area contributed by atoms with Gasteiger partial charge in [-0.05, 0) is 49.6 Å². The normalized spacial score (nSPS) is 11.5. The lowest BCUT2D eigenvalue weighted by Crippen LogP contribution is -2.25. The van der Waals surface area contributed by atoms with Gasteiger partial charge in [-0.25, -0.2) is 5.43 Å². The maximum absolute atomic E-state index is 11.8. The third-order valence-electron chi connectivity index (χ3n) is 3.38. The fourth-order valence-electron chi connectivity index (χ4n) is 2.01. The number of allylic oxidation sites excluding steroid dienone is 1. The molecule has 0 aliphatic carbocycles. The van der Waals surface area contributed by atoms with Crippen LogP contribution in [0.25, 0.3) is 6.08 Å². The van der Waals surface area contributed by atoms with Crippen LogP contribution in [0.5, 0.6) is 5.75 Å². The van der Waals surface area contributed by atoms with Crippen LogP contribution >= 0.6 is 0 Å². The van der Waals surface area contributed by atoms with Gasteiger partial charge >= 0.3 is 0 Å². The summed E-state index contributed by atoms with van der Waals surface area (Å²) in [5, 5.41) is 4.04. The van der Waals surface area contributed by atoms with Crippen LogP contribution in [0.4, 0.5) is 0 Å². The molecule has 24 heavy (non-hydrogen) atoms. The van der Waals surface area contributed by atoms with Crippen molar-refractivity contribution < 1.29 is 9.53 Å². The van der Waals surface area contributed by atoms with Gasteiger partial charge in [0, 0.05) is 0 Å². The van der Waals surface area contributed by atoms with Gasteiger partial charge in [0.1, 0.15) is 5.75 Å². The highest BCUT2D eigenvalue weighted by molar-refractivity contribution is 5.97. The molecule has 0 atom stereocenters. The second-order valence-corrected chi connectivity index (χ2v) is 5.59. The molecule has 2 aromatic rings. The zero-order valence-electron chi connectivity index (χ0n) is 14.2. The molecule has 4 heteroatoms. The van der Waals surface area contributed by atoms with Crippen molar-refractivity contribution in [3.8, 4) is 5.75 Å². The van der Waals surface area contributed by atoms with Crippen LogP contribution in [0.2, 0.25) is 0 Å². The van der Waals surface area contributed by atoms with E-state index in [0.29, 0.717) is 5.71 Å². The quantitative estimate of drug-likeness (QED) is 0.648. The van der Waals surface area contributed by atoms with Gasteiger partial charge in [-0.15, -0.1) is 0 Å². The number of carbonyl (C=O) groups excluding carboxylic acids is 1. The lowest BCUT2D eigenvalue weighted by atomic mass is 10.1. The minimum Gasteiger partial charge on any atom is -0.483 e. The van der Waals surface area contributed by atoms with E-state index in [-0.39, 0.29) is 12.5 Å². The molecule has 0 aliphatic rings. The van der Waals surface area contributed by atoms with E-state index in [0.717, 1.165) is 22.4 Å². The Labute approximate surface area is 142 Å². The van der Waals surface area contributed by atoms with Crippen LogP contribution in [0, 0.1) is 13.8 Å². The SMILES string of the molecule is CC(/C=C/c1ccccc1)=N\NC(=O)COc1cc(C)ccc1C. The third-order valence-corrected chi connectivity index (χ3v) is 3.38. The largest absolute Gasteiger partial charge is 0.483 e. The molecule has 2 aromatic carbocycles. The first kappa shape index (κ1) is 17.5. The number of benzene rings is 2. The lowest BCUT2D eigenvalue weighted by Gasteiger charge is -2.09. The number of nitrogens with zero attached hydrogens (tertiary/aromatic N) is 1. The van der Waals surface area contributed by atoms with Gasteiger partial charge in [0.15, 0.2) is 6.61 Å². The van der Waals surface area contributed by atoms with E-state index in [9.17, 15) is 4.79 Å². The zero-order chi connectivity index (χ0) is 17.4. The Morgan fingerprint density at radius 2 is 1.92 bits per heavy atom. The Balaban J connectivity index is 1.83. The summed E-state index contributed by atoms with van der Waals surface area (Å²) in [5.74, 6) is 0.429. The molecule has 0 unspecified atom stereocenters. The van der Waals surface area contributed by atoms with Crippen molar-refractivity contribution in [3.05, 3.63) is 71.3 Å². The number of hydrazone groups is 1. The molecule has 0 saturated carbocycles. The first-order chi connectivity index (χ1) is 11.5. The van der Waals surface area contributed by atoms with Crippen molar-refractivity contribution in [2.45, 2.75) is 20.8 Å². The topological polar surface area (TPSA) is 50.7 Å². The highest BCUT2D eigenvalue weighted by Gasteiger charge is 2.04. The Hall–Kier alpha value is -2.88. The summed E-state index contributed by atoms with van der Waals surface area (Å²) >= 11 is 0. The Morgan fingerprint density at radius 3 is 2.67 bits per heavy atom. The van der Waals surface area contributed by atoms with Crippen LogP contribution in [-0.2, 0) is 4.79 Å². The van der Waals surface area contributed by atoms with Gasteiger partial charge in [-0.2, -0.15) is 5.10 Å². The second-order valence-electron chi connectivity index (χ2n) is 5.59. The smallest absolute Gasteiger partial charge is 0.277 e. The third kappa shape index (κ3) is 5.72. The van der Waals surface area contributed by atoms with Gasteiger partial charge < -0.3 is 4.74 Å². The number of rotatable bonds is 6. The van der Waals surface area contributed by atoms with Gasteiger partial charge in [0.25, 0.3) is 5.91 Å². The van der Waals surface area contributed by atoms with Gasteiger partial charge in [-0.1, -0.05) is 48.5 Å². The van der Waals surface area contributed by atoms with E-state index in [1.807, 2.05) is 81.5 Å². The fourth-order valence-corrected chi connectivity index (χ4v) is 2.01. The van der Waals surface area contributed by atoms with Crippen molar-refractivity contribution in [2.24, 2.45) is 5.10 Å². The number of hydrogen-bond acceptors (Lipinski definition) is 3. The molecule has 0 heterocycles. The molecular formula is C20H22N2O2. The summed E-state index contributed by atoms with van der Waals surface area (Å²) in [4.78, 5) is 11.8. The molecule has 2 rings (SSSR count). The molecule has 0 aromatic heterocycles. The minimum absolute atomic E-state index is 0.0660. The monoisotopic (exact) mass is 322 g/mol. The molecule has 4 nitrogen and oxygen atoms in total. The first-order valence-electron chi connectivity index (χ1n) is 7.81. The van der Waals surface area contributed by atoms with E-state index in [4.69, 9.17) is 4.74 Å². The molecular weight excluding hydrogens is 300 g/mol. The van der Waals surface area contributed by atoms with Crippen molar-refractivity contribution in [2.75, 3.05) is 6.61 Å². The summed E-state index contributed by atoms with van der Waals surface area (Å²) in [6.45, 7) is 5.69. The molecule has 0 radical (unpaired) electrons. The molecule has 0 aliphatic heterocycles. The molecule has 0 bridgehead atoms. The van der Waals surface area contributed by atoms with Crippen LogP contribution in [-0.4, -0.2) is 18.2 Å². The fraction of sp³-hybridized carbons (Fsp3) is 0.200. The Kier molecular flexibility index (Phi) is 6.32. The van der Waals surface area contributed by atoms with E-state index in [1.165, 1.54) is 0 Å². The Bertz CT molecular complexity index is 749. The van der Waals surface area contributed by atoms with Crippen LogP contribution < -0.4 is 10.2 Å². The van der Waals surface area contributed by atoms with E-state index < -0.39 is 0 Å². The number of ether oxygens (including phenoxy) is 1. The summed E-state index contributed by atoms with van der Waals surface area (Å²) in [6, 6.07) is 15.8.